The maximum Gasteiger partial charge on any atom is 0.416 e. The average Bonchev–Trinajstić information content (AvgIpc) is 2.66. The van der Waals surface area contributed by atoms with Crippen LogP contribution in [0.2, 0.25) is 0 Å². The van der Waals surface area contributed by atoms with Crippen LogP contribution in [0.15, 0.2) is 67.1 Å². The third-order valence-electron chi connectivity index (χ3n) is 3.71. The molecule has 0 saturated heterocycles. The van der Waals surface area contributed by atoms with E-state index in [0.29, 0.717) is 0 Å². The molecule has 7 heteroatoms. The molecule has 0 saturated carbocycles. The quantitative estimate of drug-likeness (QED) is 0.765. The Kier molecular flexibility index (Phi) is 4.97. The molecule has 1 N–H and O–H groups in total. The molecule has 3 aromatic rings. The van der Waals surface area contributed by atoms with Crippen LogP contribution in [-0.4, -0.2) is 15.9 Å². The number of hydrogen-bond acceptors (Lipinski definition) is 3. The Labute approximate surface area is 147 Å². The highest BCUT2D eigenvalue weighted by atomic mass is 19.4. The second-order valence-electron chi connectivity index (χ2n) is 5.55. The minimum Gasteiger partial charge on any atom is -0.348 e. The van der Waals surface area contributed by atoms with Crippen LogP contribution in [0.5, 0.6) is 0 Å². The predicted octanol–water partition coefficient (Wildman–Crippen LogP) is 4.09. The molecule has 3 rings (SSSR count). The van der Waals surface area contributed by atoms with E-state index in [1.54, 1.807) is 24.7 Å². The van der Waals surface area contributed by atoms with Gasteiger partial charge in [-0.1, -0.05) is 6.07 Å². The number of carbonyl (C=O) groups is 1. The maximum atomic E-state index is 12.7. The Morgan fingerprint density at radius 3 is 2.50 bits per heavy atom. The van der Waals surface area contributed by atoms with Crippen molar-refractivity contribution >= 4 is 5.91 Å². The minimum absolute atomic E-state index is 0.0387. The number of amides is 1. The summed E-state index contributed by atoms with van der Waals surface area (Å²) in [5, 5.41) is 2.63. The number of pyridine rings is 2. The Morgan fingerprint density at radius 2 is 1.77 bits per heavy atom. The lowest BCUT2D eigenvalue weighted by atomic mass is 10.1. The van der Waals surface area contributed by atoms with Crippen molar-refractivity contribution in [2.45, 2.75) is 12.7 Å². The molecule has 0 aliphatic carbocycles. The first-order valence-corrected chi connectivity index (χ1v) is 7.74. The van der Waals surface area contributed by atoms with Crippen LogP contribution in [0.4, 0.5) is 13.2 Å². The summed E-state index contributed by atoms with van der Waals surface area (Å²) >= 11 is 0. The number of carbonyl (C=O) groups excluding carboxylic acids is 1. The molecule has 1 amide bonds. The molecule has 4 nitrogen and oxygen atoms in total. The lowest BCUT2D eigenvalue weighted by Crippen LogP contribution is -2.23. The van der Waals surface area contributed by atoms with Crippen LogP contribution >= 0.6 is 0 Å². The summed E-state index contributed by atoms with van der Waals surface area (Å²) in [5.74, 6) is -0.571. The summed E-state index contributed by atoms with van der Waals surface area (Å²) < 4.78 is 38.2. The van der Waals surface area contributed by atoms with Crippen LogP contribution in [0.25, 0.3) is 11.3 Å². The van der Waals surface area contributed by atoms with Crippen molar-refractivity contribution < 1.29 is 18.0 Å². The van der Waals surface area contributed by atoms with Crippen molar-refractivity contribution in [2.75, 3.05) is 0 Å². The van der Waals surface area contributed by atoms with E-state index < -0.39 is 17.6 Å². The van der Waals surface area contributed by atoms with Crippen LogP contribution in [0, 0.1) is 0 Å². The largest absolute Gasteiger partial charge is 0.416 e. The monoisotopic (exact) mass is 357 g/mol. The number of hydrogen-bond donors (Lipinski definition) is 1. The summed E-state index contributed by atoms with van der Waals surface area (Å²) in [6, 6.07) is 11.5. The molecule has 132 valence electrons. The first-order valence-electron chi connectivity index (χ1n) is 7.74. The second-order valence-corrected chi connectivity index (χ2v) is 5.55. The first-order chi connectivity index (χ1) is 12.4. The number of nitrogens with one attached hydrogen (secondary N) is 1. The molecule has 0 radical (unpaired) electrons. The molecular formula is C19H14F3N3O. The molecule has 0 aliphatic heterocycles. The molecule has 1 aromatic carbocycles. The van der Waals surface area contributed by atoms with Gasteiger partial charge in [-0.15, -0.1) is 0 Å². The van der Waals surface area contributed by atoms with Crippen molar-refractivity contribution in [3.8, 4) is 11.3 Å². The number of aromatic nitrogens is 2. The minimum atomic E-state index is -4.49. The fraction of sp³-hybridized carbons (Fsp3) is 0.105. The van der Waals surface area contributed by atoms with E-state index >= 15 is 0 Å². The maximum absolute atomic E-state index is 12.7. The summed E-state index contributed by atoms with van der Waals surface area (Å²) in [6.45, 7) is 0.176. The van der Waals surface area contributed by atoms with Crippen molar-refractivity contribution in [3.05, 3.63) is 83.8 Å². The number of halogens is 3. The van der Waals surface area contributed by atoms with Crippen molar-refractivity contribution in [2.24, 2.45) is 0 Å². The van der Waals surface area contributed by atoms with E-state index in [-0.39, 0.29) is 12.1 Å². The third kappa shape index (κ3) is 4.24. The zero-order valence-electron chi connectivity index (χ0n) is 13.5. The zero-order chi connectivity index (χ0) is 18.6. The van der Waals surface area contributed by atoms with E-state index in [0.717, 1.165) is 29.0 Å². The molecule has 0 bridgehead atoms. The fourth-order valence-corrected chi connectivity index (χ4v) is 2.39. The Morgan fingerprint density at radius 1 is 1.00 bits per heavy atom. The van der Waals surface area contributed by atoms with Gasteiger partial charge in [-0.05, 0) is 48.0 Å². The van der Waals surface area contributed by atoms with Gasteiger partial charge in [-0.25, -0.2) is 0 Å². The number of nitrogens with zero attached hydrogens (tertiary/aromatic N) is 2. The molecule has 0 atom stereocenters. The van der Waals surface area contributed by atoms with Gasteiger partial charge in [0.15, 0.2) is 0 Å². The van der Waals surface area contributed by atoms with Gasteiger partial charge < -0.3 is 5.32 Å². The molecule has 2 heterocycles. The van der Waals surface area contributed by atoms with E-state index in [1.165, 1.54) is 12.1 Å². The Bertz CT molecular complexity index is 911. The van der Waals surface area contributed by atoms with Crippen molar-refractivity contribution in [3.63, 3.8) is 0 Å². The van der Waals surface area contributed by atoms with Crippen LogP contribution in [-0.2, 0) is 12.7 Å². The van der Waals surface area contributed by atoms with Crippen molar-refractivity contribution in [1.82, 2.24) is 15.3 Å². The molecule has 0 fully saturated rings. The van der Waals surface area contributed by atoms with Gasteiger partial charge in [0.25, 0.3) is 5.91 Å². The van der Waals surface area contributed by atoms with E-state index in [4.69, 9.17) is 0 Å². The van der Waals surface area contributed by atoms with Crippen molar-refractivity contribution in [1.29, 1.82) is 0 Å². The third-order valence-corrected chi connectivity index (χ3v) is 3.71. The van der Waals surface area contributed by atoms with E-state index in [2.05, 4.69) is 15.3 Å². The zero-order valence-corrected chi connectivity index (χ0v) is 13.5. The second kappa shape index (κ2) is 7.35. The highest BCUT2D eigenvalue weighted by molar-refractivity contribution is 5.94. The predicted molar refractivity (Wildman–Crippen MR) is 90.1 cm³/mol. The molecule has 26 heavy (non-hydrogen) atoms. The van der Waals surface area contributed by atoms with E-state index in [9.17, 15) is 18.0 Å². The Balaban J connectivity index is 1.71. The highest BCUT2D eigenvalue weighted by Crippen LogP contribution is 2.29. The standard InChI is InChI=1S/C19H14F3N3O/c20-19(21,22)16-3-1-2-15(11-16)18(26)25-12-13-4-9-24-17(10-13)14-5-7-23-8-6-14/h1-11H,12H2,(H,25,26). The molecule has 0 aliphatic rings. The van der Waals surface area contributed by atoms with Gasteiger partial charge in [0.05, 0.1) is 11.3 Å². The van der Waals surface area contributed by atoms with Gasteiger partial charge >= 0.3 is 6.18 Å². The highest BCUT2D eigenvalue weighted by Gasteiger charge is 2.30. The lowest BCUT2D eigenvalue weighted by Gasteiger charge is -2.10. The first kappa shape index (κ1) is 17.6. The SMILES string of the molecule is O=C(NCc1ccnc(-c2ccncc2)c1)c1cccc(C(F)(F)F)c1. The Hall–Kier alpha value is -3.22. The normalized spacial score (nSPS) is 11.2. The fourth-order valence-electron chi connectivity index (χ4n) is 2.39. The molecule has 0 unspecified atom stereocenters. The lowest BCUT2D eigenvalue weighted by molar-refractivity contribution is -0.137. The van der Waals surface area contributed by atoms with Crippen LogP contribution in [0.1, 0.15) is 21.5 Å². The average molecular weight is 357 g/mol. The van der Waals surface area contributed by atoms with Crippen LogP contribution < -0.4 is 5.32 Å². The molecule has 0 spiro atoms. The number of benzene rings is 1. The summed E-state index contributed by atoms with van der Waals surface area (Å²) in [7, 11) is 0. The summed E-state index contributed by atoms with van der Waals surface area (Å²) in [5.41, 5.74) is 1.49. The summed E-state index contributed by atoms with van der Waals surface area (Å²) in [4.78, 5) is 20.4. The number of rotatable bonds is 4. The van der Waals surface area contributed by atoms with Gasteiger partial charge in [-0.3, -0.25) is 14.8 Å². The summed E-state index contributed by atoms with van der Waals surface area (Å²) in [6.07, 6.45) is 0.431. The van der Waals surface area contributed by atoms with E-state index in [1.807, 2.05) is 18.2 Å². The van der Waals surface area contributed by atoms with Gasteiger partial charge in [0.2, 0.25) is 0 Å². The van der Waals surface area contributed by atoms with Crippen LogP contribution in [0.3, 0.4) is 0 Å². The molecule has 2 aromatic heterocycles. The van der Waals surface area contributed by atoms with Gasteiger partial charge in [0, 0.05) is 36.3 Å². The molecular weight excluding hydrogens is 343 g/mol. The smallest absolute Gasteiger partial charge is 0.348 e. The van der Waals surface area contributed by atoms with Gasteiger partial charge in [0.1, 0.15) is 0 Å². The number of alkyl halides is 3. The topological polar surface area (TPSA) is 54.9 Å². The van der Waals surface area contributed by atoms with Gasteiger partial charge in [-0.2, -0.15) is 13.2 Å².